The van der Waals surface area contributed by atoms with Gasteiger partial charge in [-0.15, -0.1) is 11.3 Å². The molecule has 0 bridgehead atoms. The number of aryl methyl sites for hydroxylation is 2. The van der Waals surface area contributed by atoms with E-state index in [9.17, 15) is 0 Å². The van der Waals surface area contributed by atoms with Crippen LogP contribution in [0.5, 0.6) is 0 Å². The van der Waals surface area contributed by atoms with Gasteiger partial charge < -0.3 is 15.9 Å². The number of aliphatic carboxylic acids is 2. The lowest BCUT2D eigenvalue weighted by atomic mass is 10.2. The molecule has 6 nitrogen and oxygen atoms in total. The Morgan fingerprint density at radius 3 is 1.88 bits per heavy atom. The predicted octanol–water partition coefficient (Wildman–Crippen LogP) is 0.935. The molecule has 1 unspecified atom stereocenters. The summed E-state index contributed by atoms with van der Waals surface area (Å²) in [5.74, 6) is -3.65. The maximum Gasteiger partial charge on any atom is 0.414 e. The molecule has 4 N–H and O–H groups in total. The third kappa shape index (κ3) is 4.85. The number of carboxylic acids is 2. The number of aromatic nitrogens is 1. The van der Waals surface area contributed by atoms with Crippen LogP contribution < -0.4 is 5.73 Å². The molecular weight excluding hydrogens is 232 g/mol. The van der Waals surface area contributed by atoms with Gasteiger partial charge in [-0.3, -0.25) is 0 Å². The van der Waals surface area contributed by atoms with E-state index in [1.165, 1.54) is 4.88 Å². The molecule has 0 aliphatic heterocycles. The van der Waals surface area contributed by atoms with E-state index in [1.54, 1.807) is 11.3 Å². The third-order valence-corrected chi connectivity index (χ3v) is 2.81. The second-order valence-electron chi connectivity index (χ2n) is 3.08. The van der Waals surface area contributed by atoms with Crippen molar-refractivity contribution in [2.45, 2.75) is 26.8 Å². The van der Waals surface area contributed by atoms with Crippen LogP contribution in [0.2, 0.25) is 0 Å². The van der Waals surface area contributed by atoms with Crippen LogP contribution in [0.25, 0.3) is 0 Å². The molecule has 0 aliphatic rings. The summed E-state index contributed by atoms with van der Waals surface area (Å²) < 4.78 is 0. The number of carboxylic acid groups (broad SMARTS) is 2. The SMILES string of the molecule is Cc1nc(C)c(C(C)N)s1.O=C(O)C(=O)O. The molecule has 0 radical (unpaired) electrons. The minimum Gasteiger partial charge on any atom is -0.473 e. The van der Waals surface area contributed by atoms with Crippen molar-refractivity contribution in [3.05, 3.63) is 15.6 Å². The molecule has 1 atom stereocenters. The summed E-state index contributed by atoms with van der Waals surface area (Å²) in [6.07, 6.45) is 0. The first kappa shape index (κ1) is 14.5. The van der Waals surface area contributed by atoms with Gasteiger partial charge in [0.05, 0.1) is 10.7 Å². The number of nitrogens with two attached hydrogens (primary N) is 1. The molecule has 0 saturated heterocycles. The van der Waals surface area contributed by atoms with Gasteiger partial charge in [0.1, 0.15) is 0 Å². The van der Waals surface area contributed by atoms with E-state index in [0.29, 0.717) is 0 Å². The number of carbonyl (C=O) groups is 2. The Bertz CT molecular complexity index is 375. The molecule has 0 aromatic carbocycles. The Labute approximate surface area is 96.7 Å². The van der Waals surface area contributed by atoms with Crippen LogP contribution in [-0.2, 0) is 9.59 Å². The lowest BCUT2D eigenvalue weighted by molar-refractivity contribution is -0.159. The topological polar surface area (TPSA) is 114 Å². The van der Waals surface area contributed by atoms with E-state index in [2.05, 4.69) is 4.98 Å². The fourth-order valence-corrected chi connectivity index (χ4v) is 1.85. The van der Waals surface area contributed by atoms with Crippen molar-refractivity contribution in [1.82, 2.24) is 4.98 Å². The fourth-order valence-electron chi connectivity index (χ4n) is 0.970. The number of thiazole rings is 1. The Hall–Kier alpha value is -1.47. The summed E-state index contributed by atoms with van der Waals surface area (Å²) in [5.41, 5.74) is 6.78. The summed E-state index contributed by atoms with van der Waals surface area (Å²) in [7, 11) is 0. The smallest absolute Gasteiger partial charge is 0.414 e. The first-order chi connectivity index (χ1) is 7.25. The summed E-state index contributed by atoms with van der Waals surface area (Å²) in [6, 6.07) is 0.131. The van der Waals surface area contributed by atoms with Crippen LogP contribution in [0.4, 0.5) is 0 Å². The fraction of sp³-hybridized carbons (Fsp3) is 0.444. The van der Waals surface area contributed by atoms with Crippen LogP contribution in [0.3, 0.4) is 0 Å². The molecule has 0 spiro atoms. The van der Waals surface area contributed by atoms with Crippen molar-refractivity contribution in [2.75, 3.05) is 0 Å². The van der Waals surface area contributed by atoms with Crippen LogP contribution in [0, 0.1) is 13.8 Å². The summed E-state index contributed by atoms with van der Waals surface area (Å²) >= 11 is 1.69. The van der Waals surface area contributed by atoms with Crippen LogP contribution in [-0.4, -0.2) is 27.1 Å². The van der Waals surface area contributed by atoms with E-state index in [1.807, 2.05) is 20.8 Å². The standard InChI is InChI=1S/C7H12N2S.C2H2O4/c1-4(8)7-5(2)9-6(3)10-7;3-1(4)2(5)6/h4H,8H2,1-3H3;(H,3,4)(H,5,6). The minimum atomic E-state index is -1.82. The van der Waals surface area contributed by atoms with Gasteiger partial charge in [0.25, 0.3) is 0 Å². The predicted molar refractivity (Wildman–Crippen MR) is 59.5 cm³/mol. The van der Waals surface area contributed by atoms with E-state index in [-0.39, 0.29) is 6.04 Å². The van der Waals surface area contributed by atoms with Crippen LogP contribution in [0.1, 0.15) is 28.5 Å². The average molecular weight is 246 g/mol. The van der Waals surface area contributed by atoms with Gasteiger partial charge in [-0.05, 0) is 20.8 Å². The molecule has 1 aromatic heterocycles. The molecule has 0 saturated carbocycles. The average Bonchev–Trinajstić information content (AvgIpc) is 2.46. The monoisotopic (exact) mass is 246 g/mol. The molecular formula is C9H14N2O4S. The molecule has 0 aliphatic carbocycles. The Morgan fingerprint density at radius 1 is 1.31 bits per heavy atom. The van der Waals surface area contributed by atoms with Gasteiger partial charge in [-0.1, -0.05) is 0 Å². The molecule has 1 heterocycles. The molecule has 16 heavy (non-hydrogen) atoms. The second kappa shape index (κ2) is 6.19. The summed E-state index contributed by atoms with van der Waals surface area (Å²) in [6.45, 7) is 5.99. The number of nitrogens with zero attached hydrogens (tertiary/aromatic N) is 1. The zero-order chi connectivity index (χ0) is 12.9. The Morgan fingerprint density at radius 2 is 1.75 bits per heavy atom. The first-order valence-corrected chi connectivity index (χ1v) is 5.23. The lowest BCUT2D eigenvalue weighted by Crippen LogP contribution is -2.09. The summed E-state index contributed by atoms with van der Waals surface area (Å²) in [4.78, 5) is 23.7. The maximum atomic E-state index is 9.10. The molecule has 0 fully saturated rings. The molecule has 1 aromatic rings. The largest absolute Gasteiger partial charge is 0.473 e. The first-order valence-electron chi connectivity index (χ1n) is 4.41. The molecule has 1 rings (SSSR count). The third-order valence-electron chi connectivity index (χ3n) is 1.54. The van der Waals surface area contributed by atoms with E-state index in [4.69, 9.17) is 25.5 Å². The van der Waals surface area contributed by atoms with Gasteiger partial charge in [0.15, 0.2) is 0 Å². The van der Waals surface area contributed by atoms with Gasteiger partial charge in [-0.25, -0.2) is 14.6 Å². The van der Waals surface area contributed by atoms with Gasteiger partial charge in [-0.2, -0.15) is 0 Å². The highest BCUT2D eigenvalue weighted by atomic mass is 32.1. The normalized spacial score (nSPS) is 11.2. The number of rotatable bonds is 1. The second-order valence-corrected chi connectivity index (χ2v) is 4.32. The molecule has 7 heteroatoms. The highest BCUT2D eigenvalue weighted by Crippen LogP contribution is 2.22. The zero-order valence-corrected chi connectivity index (χ0v) is 10.0. The van der Waals surface area contributed by atoms with Crippen molar-refractivity contribution in [1.29, 1.82) is 0 Å². The zero-order valence-electron chi connectivity index (χ0n) is 9.22. The maximum absolute atomic E-state index is 9.10. The minimum absolute atomic E-state index is 0.131. The van der Waals surface area contributed by atoms with Crippen molar-refractivity contribution in [2.24, 2.45) is 5.73 Å². The van der Waals surface area contributed by atoms with Gasteiger partial charge in [0.2, 0.25) is 0 Å². The van der Waals surface area contributed by atoms with Crippen molar-refractivity contribution >= 4 is 23.3 Å². The Balaban J connectivity index is 0.000000325. The van der Waals surface area contributed by atoms with E-state index in [0.717, 1.165) is 10.7 Å². The number of hydrogen-bond acceptors (Lipinski definition) is 5. The van der Waals surface area contributed by atoms with Gasteiger partial charge >= 0.3 is 11.9 Å². The molecule has 90 valence electrons. The van der Waals surface area contributed by atoms with Gasteiger partial charge in [0, 0.05) is 10.9 Å². The number of hydrogen-bond donors (Lipinski definition) is 3. The van der Waals surface area contributed by atoms with Crippen molar-refractivity contribution < 1.29 is 19.8 Å². The Kier molecular flexibility index (Phi) is 5.62. The van der Waals surface area contributed by atoms with Crippen LogP contribution >= 0.6 is 11.3 Å². The summed E-state index contributed by atoms with van der Waals surface area (Å²) in [5, 5.41) is 15.9. The van der Waals surface area contributed by atoms with E-state index < -0.39 is 11.9 Å². The van der Waals surface area contributed by atoms with Crippen molar-refractivity contribution in [3.63, 3.8) is 0 Å². The van der Waals surface area contributed by atoms with E-state index >= 15 is 0 Å². The highest BCUT2D eigenvalue weighted by molar-refractivity contribution is 7.11. The lowest BCUT2D eigenvalue weighted by Gasteiger charge is -1.99. The van der Waals surface area contributed by atoms with Crippen molar-refractivity contribution in [3.8, 4) is 0 Å². The van der Waals surface area contributed by atoms with Crippen LogP contribution in [0.15, 0.2) is 0 Å². The quantitative estimate of drug-likeness (QED) is 0.635. The molecule has 0 amide bonds. The highest BCUT2D eigenvalue weighted by Gasteiger charge is 2.07.